The molecule has 0 bridgehead atoms. The average molecular weight is 427 g/mol. The largest absolute Gasteiger partial charge is 0.493 e. The van der Waals surface area contributed by atoms with Crippen LogP contribution in [0.5, 0.6) is 17.2 Å². The Kier molecular flexibility index (Phi) is 5.31. The molecule has 2 aliphatic rings. The minimum atomic E-state index is 0.613. The van der Waals surface area contributed by atoms with E-state index in [9.17, 15) is 0 Å². The van der Waals surface area contributed by atoms with Crippen molar-refractivity contribution in [1.82, 2.24) is 4.90 Å². The van der Waals surface area contributed by atoms with Crippen molar-refractivity contribution in [2.24, 2.45) is 4.99 Å². The molecule has 5 heteroatoms. The Hall–Kier alpha value is -3.73. The number of hydrogen-bond acceptors (Lipinski definition) is 5. The second kappa shape index (κ2) is 8.42. The van der Waals surface area contributed by atoms with Crippen LogP contribution in [0.1, 0.15) is 27.8 Å². The van der Waals surface area contributed by atoms with E-state index in [2.05, 4.69) is 59.5 Å². The summed E-state index contributed by atoms with van der Waals surface area (Å²) < 4.78 is 16.4. The zero-order valence-electron chi connectivity index (χ0n) is 18.6. The van der Waals surface area contributed by atoms with E-state index in [4.69, 9.17) is 19.2 Å². The summed E-state index contributed by atoms with van der Waals surface area (Å²) in [6.07, 6.45) is 3.04. The van der Waals surface area contributed by atoms with Gasteiger partial charge in [0.25, 0.3) is 0 Å². The molecule has 0 unspecified atom stereocenters. The highest BCUT2D eigenvalue weighted by Crippen LogP contribution is 2.39. The normalized spacial score (nSPS) is 14.3. The molecule has 0 saturated heterocycles. The lowest BCUT2D eigenvalue weighted by Crippen LogP contribution is -2.30. The molecular formula is C27H26N2O3. The first kappa shape index (κ1) is 20.2. The van der Waals surface area contributed by atoms with Gasteiger partial charge in [0.05, 0.1) is 33.6 Å². The molecule has 0 fully saturated rings. The van der Waals surface area contributed by atoms with E-state index in [-0.39, 0.29) is 0 Å². The number of aliphatic imine (C=N–C) groups is 1. The number of rotatable bonds is 6. The molecule has 32 heavy (non-hydrogen) atoms. The highest BCUT2D eigenvalue weighted by Gasteiger charge is 2.28. The number of methoxy groups -OCH3 is 3. The van der Waals surface area contributed by atoms with Gasteiger partial charge in [-0.2, -0.15) is 0 Å². The van der Waals surface area contributed by atoms with Crippen molar-refractivity contribution in [2.75, 3.05) is 34.4 Å². The molecule has 2 aliphatic heterocycles. The van der Waals surface area contributed by atoms with Gasteiger partial charge in [0.2, 0.25) is 5.75 Å². The molecule has 0 aromatic heterocycles. The van der Waals surface area contributed by atoms with E-state index in [1.54, 1.807) is 21.3 Å². The van der Waals surface area contributed by atoms with Gasteiger partial charge in [0.15, 0.2) is 11.5 Å². The van der Waals surface area contributed by atoms with Crippen LogP contribution in [0.25, 0.3) is 11.8 Å². The topological polar surface area (TPSA) is 43.3 Å². The Balaban J connectivity index is 1.43. The first-order chi connectivity index (χ1) is 15.7. The molecule has 0 radical (unpaired) electrons. The van der Waals surface area contributed by atoms with Gasteiger partial charge in [-0.3, -0.25) is 4.99 Å². The minimum Gasteiger partial charge on any atom is -0.493 e. The molecule has 0 saturated carbocycles. The third-order valence-corrected chi connectivity index (χ3v) is 6.01. The van der Waals surface area contributed by atoms with Crippen molar-refractivity contribution in [3.05, 3.63) is 88.5 Å². The number of amidine groups is 1. The predicted octanol–water partition coefficient (Wildman–Crippen LogP) is 4.88. The van der Waals surface area contributed by atoms with Gasteiger partial charge in [0.1, 0.15) is 5.84 Å². The Morgan fingerprint density at radius 3 is 2.25 bits per heavy atom. The molecule has 3 aromatic rings. The van der Waals surface area contributed by atoms with E-state index >= 15 is 0 Å². The lowest BCUT2D eigenvalue weighted by atomic mass is 9.96. The molecule has 0 atom stereocenters. The lowest BCUT2D eigenvalue weighted by molar-refractivity contribution is 0.324. The molecule has 5 nitrogen and oxygen atoms in total. The van der Waals surface area contributed by atoms with Gasteiger partial charge in [-0.15, -0.1) is 0 Å². The summed E-state index contributed by atoms with van der Waals surface area (Å²) >= 11 is 0. The predicted molar refractivity (Wildman–Crippen MR) is 128 cm³/mol. The highest BCUT2D eigenvalue weighted by molar-refractivity contribution is 6.12. The molecule has 2 heterocycles. The van der Waals surface area contributed by atoms with E-state index in [0.717, 1.165) is 30.9 Å². The fourth-order valence-corrected chi connectivity index (χ4v) is 4.47. The van der Waals surface area contributed by atoms with Gasteiger partial charge >= 0.3 is 0 Å². The van der Waals surface area contributed by atoms with Crippen LogP contribution in [0.4, 0.5) is 0 Å². The van der Waals surface area contributed by atoms with Crippen LogP contribution in [0, 0.1) is 0 Å². The molecule has 162 valence electrons. The quantitative estimate of drug-likeness (QED) is 0.564. The fraction of sp³-hybridized carbons (Fsp3) is 0.222. The maximum atomic E-state index is 5.50. The van der Waals surface area contributed by atoms with Crippen LogP contribution >= 0.6 is 0 Å². The number of fused-ring (bicyclic) bond motifs is 3. The third-order valence-electron chi connectivity index (χ3n) is 6.01. The number of nitrogens with zero attached hydrogens (tertiary/aromatic N) is 2. The summed E-state index contributed by atoms with van der Waals surface area (Å²) in [6.45, 7) is 1.75. The van der Waals surface area contributed by atoms with Crippen LogP contribution in [0.15, 0.2) is 65.7 Å². The van der Waals surface area contributed by atoms with Crippen LogP contribution in [0.3, 0.4) is 0 Å². The Morgan fingerprint density at radius 2 is 1.56 bits per heavy atom. The van der Waals surface area contributed by atoms with Crippen molar-refractivity contribution in [2.45, 2.75) is 6.42 Å². The minimum absolute atomic E-state index is 0.613. The highest BCUT2D eigenvalue weighted by atomic mass is 16.5. The average Bonchev–Trinajstić information content (AvgIpc) is 3.34. The molecular weight excluding hydrogens is 400 g/mol. The third kappa shape index (κ3) is 3.50. The van der Waals surface area contributed by atoms with Crippen molar-refractivity contribution in [3.63, 3.8) is 0 Å². The van der Waals surface area contributed by atoms with Crippen LogP contribution in [-0.4, -0.2) is 45.2 Å². The van der Waals surface area contributed by atoms with E-state index in [1.807, 2.05) is 12.1 Å². The van der Waals surface area contributed by atoms with Crippen LogP contribution < -0.4 is 14.2 Å². The van der Waals surface area contributed by atoms with E-state index < -0.39 is 0 Å². The summed E-state index contributed by atoms with van der Waals surface area (Å²) in [6, 6.07) is 21.2. The molecule has 0 N–H and O–H groups in total. The maximum absolute atomic E-state index is 5.50. The van der Waals surface area contributed by atoms with Crippen molar-refractivity contribution in [3.8, 4) is 17.2 Å². The Bertz CT molecular complexity index is 1190. The molecule has 0 aliphatic carbocycles. The molecule has 3 aromatic carbocycles. The van der Waals surface area contributed by atoms with Crippen LogP contribution in [-0.2, 0) is 6.42 Å². The van der Waals surface area contributed by atoms with Gasteiger partial charge in [-0.1, -0.05) is 48.5 Å². The van der Waals surface area contributed by atoms with E-state index in [1.165, 1.54) is 28.0 Å². The maximum Gasteiger partial charge on any atom is 0.203 e. The first-order valence-electron chi connectivity index (χ1n) is 10.7. The first-order valence-corrected chi connectivity index (χ1v) is 10.7. The smallest absolute Gasteiger partial charge is 0.203 e. The Labute approximate surface area is 188 Å². The van der Waals surface area contributed by atoms with Gasteiger partial charge in [0, 0.05) is 12.1 Å². The summed E-state index contributed by atoms with van der Waals surface area (Å²) in [5.74, 6) is 3.04. The van der Waals surface area contributed by atoms with Gasteiger partial charge in [-0.25, -0.2) is 0 Å². The zero-order valence-corrected chi connectivity index (χ0v) is 18.6. The number of hydrogen-bond donors (Lipinski definition) is 0. The SMILES string of the molecule is COc1cc(Cc2ccc(C3=Cc4ccccc4C4=NCCN34)cc2)cc(OC)c1OC. The van der Waals surface area contributed by atoms with Crippen molar-refractivity contribution >= 4 is 17.6 Å². The van der Waals surface area contributed by atoms with Crippen molar-refractivity contribution < 1.29 is 14.2 Å². The number of ether oxygens (including phenoxy) is 3. The van der Waals surface area contributed by atoms with Crippen molar-refractivity contribution in [1.29, 1.82) is 0 Å². The summed E-state index contributed by atoms with van der Waals surface area (Å²) in [5.41, 5.74) is 7.16. The summed E-state index contributed by atoms with van der Waals surface area (Å²) in [7, 11) is 4.90. The van der Waals surface area contributed by atoms with Gasteiger partial charge < -0.3 is 19.1 Å². The fourth-order valence-electron chi connectivity index (χ4n) is 4.47. The molecule has 5 rings (SSSR count). The summed E-state index contributed by atoms with van der Waals surface area (Å²) in [4.78, 5) is 7.09. The molecule has 0 spiro atoms. The monoisotopic (exact) mass is 426 g/mol. The van der Waals surface area contributed by atoms with Crippen LogP contribution in [0.2, 0.25) is 0 Å². The second-order valence-corrected chi connectivity index (χ2v) is 7.88. The number of benzene rings is 3. The van der Waals surface area contributed by atoms with E-state index in [0.29, 0.717) is 17.2 Å². The Morgan fingerprint density at radius 1 is 0.844 bits per heavy atom. The zero-order chi connectivity index (χ0) is 22.1. The summed E-state index contributed by atoms with van der Waals surface area (Å²) in [5, 5.41) is 0. The lowest BCUT2D eigenvalue weighted by Gasteiger charge is -2.29. The standard InChI is InChI=1S/C27H26N2O3/c1-30-24-15-19(16-25(31-2)26(24)32-3)14-18-8-10-20(11-9-18)23-17-21-6-4-5-7-22(21)27-28-12-13-29(23)27/h4-11,15-17H,12-14H2,1-3H3. The molecule has 0 amide bonds. The second-order valence-electron chi connectivity index (χ2n) is 7.88. The van der Waals surface area contributed by atoms with Gasteiger partial charge in [-0.05, 0) is 46.9 Å².